The summed E-state index contributed by atoms with van der Waals surface area (Å²) in [7, 11) is 0. The van der Waals surface area contributed by atoms with Crippen molar-refractivity contribution in [3.8, 4) is 0 Å². The fourth-order valence-corrected chi connectivity index (χ4v) is 3.43. The second kappa shape index (κ2) is 11.5. The van der Waals surface area contributed by atoms with E-state index < -0.39 is 0 Å². The largest absolute Gasteiger partial charge is 0.314 e. The molecular formula is C19H40N2. The van der Waals surface area contributed by atoms with Gasteiger partial charge in [0.15, 0.2) is 0 Å². The summed E-state index contributed by atoms with van der Waals surface area (Å²) in [5, 5.41) is 3.60. The average molecular weight is 297 g/mol. The first-order valence-corrected chi connectivity index (χ1v) is 9.61. The van der Waals surface area contributed by atoms with Gasteiger partial charge in [0.25, 0.3) is 0 Å². The Bertz CT molecular complexity index is 234. The molecule has 0 radical (unpaired) electrons. The van der Waals surface area contributed by atoms with Crippen LogP contribution in [-0.4, -0.2) is 36.6 Å². The van der Waals surface area contributed by atoms with E-state index in [2.05, 4.69) is 37.9 Å². The maximum atomic E-state index is 3.60. The summed E-state index contributed by atoms with van der Waals surface area (Å²) < 4.78 is 0. The molecule has 0 amide bonds. The van der Waals surface area contributed by atoms with Gasteiger partial charge in [0.05, 0.1) is 0 Å². The fraction of sp³-hybridized carbons (Fsp3) is 1.00. The van der Waals surface area contributed by atoms with Gasteiger partial charge >= 0.3 is 0 Å². The van der Waals surface area contributed by atoms with Crippen LogP contribution in [0.5, 0.6) is 0 Å². The van der Waals surface area contributed by atoms with Crippen LogP contribution in [0.1, 0.15) is 85.5 Å². The molecule has 1 aliphatic rings. The molecule has 1 unspecified atom stereocenters. The summed E-state index contributed by atoms with van der Waals surface area (Å²) in [5.41, 5.74) is 0. The molecule has 0 aromatic carbocycles. The number of rotatable bonds is 12. The van der Waals surface area contributed by atoms with Crippen LogP contribution in [0.15, 0.2) is 0 Å². The molecule has 1 rings (SSSR count). The van der Waals surface area contributed by atoms with Crippen molar-refractivity contribution in [3.05, 3.63) is 0 Å². The molecule has 21 heavy (non-hydrogen) atoms. The van der Waals surface area contributed by atoms with Crippen LogP contribution >= 0.6 is 0 Å². The summed E-state index contributed by atoms with van der Waals surface area (Å²) in [5.74, 6) is 0.840. The Morgan fingerprint density at radius 3 is 2.33 bits per heavy atom. The lowest BCUT2D eigenvalue weighted by molar-refractivity contribution is 0.183. The van der Waals surface area contributed by atoms with Crippen LogP contribution < -0.4 is 5.32 Å². The van der Waals surface area contributed by atoms with Gasteiger partial charge in [-0.25, -0.2) is 0 Å². The van der Waals surface area contributed by atoms with E-state index in [-0.39, 0.29) is 0 Å². The van der Waals surface area contributed by atoms with Crippen molar-refractivity contribution in [2.45, 2.75) is 97.6 Å². The third-order valence-corrected chi connectivity index (χ3v) is 4.91. The molecule has 2 heteroatoms. The molecule has 0 aromatic heterocycles. The second-order valence-electron chi connectivity index (χ2n) is 7.51. The van der Waals surface area contributed by atoms with Crippen molar-refractivity contribution in [1.29, 1.82) is 0 Å². The smallest absolute Gasteiger partial charge is 0.00952 e. The lowest BCUT2D eigenvalue weighted by Crippen LogP contribution is -2.35. The van der Waals surface area contributed by atoms with E-state index in [9.17, 15) is 0 Å². The minimum Gasteiger partial charge on any atom is -0.314 e. The number of hydrogen-bond acceptors (Lipinski definition) is 2. The van der Waals surface area contributed by atoms with E-state index in [1.54, 1.807) is 0 Å². The Kier molecular flexibility index (Phi) is 10.4. The molecule has 1 saturated carbocycles. The molecule has 1 atom stereocenters. The summed E-state index contributed by atoms with van der Waals surface area (Å²) in [6.07, 6.45) is 12.5. The number of nitrogens with zero attached hydrogens (tertiary/aromatic N) is 1. The maximum absolute atomic E-state index is 3.60. The molecule has 0 aliphatic heterocycles. The summed E-state index contributed by atoms with van der Waals surface area (Å²) in [6, 6.07) is 1.60. The molecular weight excluding hydrogens is 256 g/mol. The Labute approximate surface area is 134 Å². The van der Waals surface area contributed by atoms with E-state index >= 15 is 0 Å². The predicted octanol–water partition coefficient (Wildman–Crippen LogP) is 4.84. The molecule has 0 heterocycles. The zero-order valence-electron chi connectivity index (χ0n) is 15.2. The molecule has 1 fully saturated rings. The lowest BCUT2D eigenvalue weighted by atomic mass is 10.1. The third-order valence-electron chi connectivity index (χ3n) is 4.91. The monoisotopic (exact) mass is 296 g/mol. The van der Waals surface area contributed by atoms with Crippen LogP contribution in [0.25, 0.3) is 0 Å². The van der Waals surface area contributed by atoms with E-state index in [1.165, 1.54) is 77.4 Å². The first kappa shape index (κ1) is 19.0. The quantitative estimate of drug-likeness (QED) is 0.519. The number of unbranched alkanes of at least 4 members (excludes halogenated alkanes) is 1. The Morgan fingerprint density at radius 2 is 1.71 bits per heavy atom. The highest BCUT2D eigenvalue weighted by Crippen LogP contribution is 2.24. The van der Waals surface area contributed by atoms with E-state index in [1.807, 2.05) is 0 Å². The lowest BCUT2D eigenvalue weighted by Gasteiger charge is -2.29. The summed E-state index contributed by atoms with van der Waals surface area (Å²) >= 11 is 0. The van der Waals surface area contributed by atoms with Gasteiger partial charge in [-0.2, -0.15) is 0 Å². The highest BCUT2D eigenvalue weighted by molar-refractivity contribution is 4.78. The van der Waals surface area contributed by atoms with Crippen LogP contribution in [0, 0.1) is 5.92 Å². The minimum absolute atomic E-state index is 0.695. The Hall–Kier alpha value is -0.0800. The van der Waals surface area contributed by atoms with Crippen molar-refractivity contribution < 1.29 is 0 Å². The fourth-order valence-electron chi connectivity index (χ4n) is 3.43. The van der Waals surface area contributed by atoms with Gasteiger partial charge in [-0.05, 0) is 71.0 Å². The minimum atomic E-state index is 0.695. The van der Waals surface area contributed by atoms with Gasteiger partial charge < -0.3 is 10.2 Å². The number of nitrogens with one attached hydrogen (secondary N) is 1. The molecule has 0 spiro atoms. The average Bonchev–Trinajstić information content (AvgIpc) is 2.98. The molecule has 0 bridgehead atoms. The van der Waals surface area contributed by atoms with Gasteiger partial charge in [0, 0.05) is 12.1 Å². The van der Waals surface area contributed by atoms with E-state index in [0.717, 1.165) is 12.0 Å². The van der Waals surface area contributed by atoms with E-state index in [0.29, 0.717) is 6.04 Å². The first-order valence-electron chi connectivity index (χ1n) is 9.61. The molecule has 1 aliphatic carbocycles. The van der Waals surface area contributed by atoms with Gasteiger partial charge in [-0.3, -0.25) is 0 Å². The van der Waals surface area contributed by atoms with Crippen LogP contribution in [0.2, 0.25) is 0 Å². The summed E-state index contributed by atoms with van der Waals surface area (Å²) in [6.45, 7) is 13.1. The van der Waals surface area contributed by atoms with Crippen LogP contribution in [-0.2, 0) is 0 Å². The van der Waals surface area contributed by atoms with Gasteiger partial charge in [-0.1, -0.05) is 40.0 Å². The van der Waals surface area contributed by atoms with Crippen LogP contribution in [0.4, 0.5) is 0 Å². The van der Waals surface area contributed by atoms with Crippen molar-refractivity contribution in [2.75, 3.05) is 19.6 Å². The topological polar surface area (TPSA) is 15.3 Å². The SMILES string of the molecule is CCCNC(C)CCCCN(CCC(C)C)C1CCCC1. The standard InChI is InChI=1S/C19H40N2/c1-5-14-20-18(4)10-8-9-15-21(16-13-17(2)3)19-11-6-7-12-19/h17-20H,5-16H2,1-4H3. The molecule has 126 valence electrons. The van der Waals surface area contributed by atoms with Crippen molar-refractivity contribution in [2.24, 2.45) is 5.92 Å². The number of hydrogen-bond donors (Lipinski definition) is 1. The third kappa shape index (κ3) is 8.83. The summed E-state index contributed by atoms with van der Waals surface area (Å²) in [4.78, 5) is 2.82. The molecule has 0 saturated heterocycles. The van der Waals surface area contributed by atoms with Gasteiger partial charge in [0.2, 0.25) is 0 Å². The predicted molar refractivity (Wildman–Crippen MR) is 94.9 cm³/mol. The van der Waals surface area contributed by atoms with Gasteiger partial charge in [0.1, 0.15) is 0 Å². The van der Waals surface area contributed by atoms with Crippen molar-refractivity contribution in [3.63, 3.8) is 0 Å². The second-order valence-corrected chi connectivity index (χ2v) is 7.51. The maximum Gasteiger partial charge on any atom is 0.00952 e. The van der Waals surface area contributed by atoms with Crippen LogP contribution in [0.3, 0.4) is 0 Å². The van der Waals surface area contributed by atoms with Gasteiger partial charge in [-0.15, -0.1) is 0 Å². The Morgan fingerprint density at radius 1 is 1.00 bits per heavy atom. The van der Waals surface area contributed by atoms with Crippen molar-refractivity contribution >= 4 is 0 Å². The highest BCUT2D eigenvalue weighted by atomic mass is 15.2. The van der Waals surface area contributed by atoms with E-state index in [4.69, 9.17) is 0 Å². The highest BCUT2D eigenvalue weighted by Gasteiger charge is 2.21. The normalized spacial score (nSPS) is 18.0. The first-order chi connectivity index (χ1) is 10.1. The van der Waals surface area contributed by atoms with Crippen molar-refractivity contribution in [1.82, 2.24) is 10.2 Å². The molecule has 1 N–H and O–H groups in total. The zero-order chi connectivity index (χ0) is 15.5. The zero-order valence-corrected chi connectivity index (χ0v) is 15.2. The Balaban J connectivity index is 2.19. The molecule has 0 aromatic rings. The molecule has 2 nitrogen and oxygen atoms in total.